The molecule has 0 N–H and O–H groups in total. The summed E-state index contributed by atoms with van der Waals surface area (Å²) in [5, 5.41) is 0.663. The summed E-state index contributed by atoms with van der Waals surface area (Å²) in [5.74, 6) is 1.69. The van der Waals surface area contributed by atoms with Gasteiger partial charge in [-0.2, -0.15) is 0 Å². The van der Waals surface area contributed by atoms with E-state index >= 15 is 0 Å². The number of hydrogen-bond donors (Lipinski definition) is 0. The van der Waals surface area contributed by atoms with Crippen molar-refractivity contribution in [1.29, 1.82) is 0 Å². The van der Waals surface area contributed by atoms with Crippen LogP contribution < -0.4 is 14.4 Å². The first kappa shape index (κ1) is 18.5. The van der Waals surface area contributed by atoms with E-state index in [9.17, 15) is 0 Å². The van der Waals surface area contributed by atoms with Gasteiger partial charge in [-0.3, -0.25) is 4.90 Å². The van der Waals surface area contributed by atoms with Gasteiger partial charge in [0.2, 0.25) is 0 Å². The van der Waals surface area contributed by atoms with Crippen LogP contribution in [0, 0.1) is 0 Å². The van der Waals surface area contributed by atoms with Crippen molar-refractivity contribution in [2.45, 2.75) is 31.3 Å². The van der Waals surface area contributed by atoms with Gasteiger partial charge in [-0.15, -0.1) is 0 Å². The fourth-order valence-corrected chi connectivity index (χ4v) is 4.73. The summed E-state index contributed by atoms with van der Waals surface area (Å²) in [4.78, 5) is 5.16. The predicted molar refractivity (Wildman–Crippen MR) is 110 cm³/mol. The Morgan fingerprint density at radius 1 is 1.00 bits per heavy atom. The van der Waals surface area contributed by atoms with Crippen LogP contribution in [0.5, 0.6) is 11.5 Å². The van der Waals surface area contributed by atoms with Gasteiger partial charge in [0.25, 0.3) is 0 Å². The van der Waals surface area contributed by atoms with Gasteiger partial charge in [-0.1, -0.05) is 23.7 Å². The van der Waals surface area contributed by atoms with Crippen molar-refractivity contribution in [3.63, 3.8) is 0 Å². The predicted octanol–water partition coefficient (Wildman–Crippen LogP) is 4.77. The number of rotatable bonds is 4. The summed E-state index contributed by atoms with van der Waals surface area (Å²) in [6.45, 7) is 3.13. The zero-order valence-corrected chi connectivity index (χ0v) is 16.8. The SMILES string of the molecule is COc1cccc([C@H]2CCC[C@H]3CN(c4ccc(Cl)c(OC)c4)CCN32)c1. The number of methoxy groups -OCH3 is 2. The van der Waals surface area contributed by atoms with E-state index in [1.807, 2.05) is 12.1 Å². The van der Waals surface area contributed by atoms with Crippen molar-refractivity contribution in [3.05, 3.63) is 53.1 Å². The molecule has 2 aliphatic heterocycles. The van der Waals surface area contributed by atoms with Crippen LogP contribution >= 0.6 is 11.6 Å². The smallest absolute Gasteiger partial charge is 0.139 e. The van der Waals surface area contributed by atoms with Gasteiger partial charge in [0, 0.05) is 43.5 Å². The second-order valence-corrected chi connectivity index (χ2v) is 7.79. The number of nitrogens with zero attached hydrogens (tertiary/aromatic N) is 2. The van der Waals surface area contributed by atoms with Crippen molar-refractivity contribution in [2.75, 3.05) is 38.8 Å². The van der Waals surface area contributed by atoms with Crippen LogP contribution in [0.4, 0.5) is 5.69 Å². The molecule has 2 heterocycles. The van der Waals surface area contributed by atoms with Crippen molar-refractivity contribution in [3.8, 4) is 11.5 Å². The number of fused-ring (bicyclic) bond motifs is 1. The molecule has 4 nitrogen and oxygen atoms in total. The Bertz CT molecular complexity index is 798. The lowest BCUT2D eigenvalue weighted by Gasteiger charge is -2.49. The molecule has 2 fully saturated rings. The number of piperazine rings is 1. The number of halogens is 1. The van der Waals surface area contributed by atoms with Gasteiger partial charge in [-0.25, -0.2) is 0 Å². The molecule has 27 heavy (non-hydrogen) atoms. The lowest BCUT2D eigenvalue weighted by Crippen LogP contribution is -2.55. The maximum Gasteiger partial charge on any atom is 0.139 e. The fourth-order valence-electron chi connectivity index (χ4n) is 4.54. The Labute approximate surface area is 166 Å². The third-order valence-corrected chi connectivity index (χ3v) is 6.23. The van der Waals surface area contributed by atoms with Crippen LogP contribution in [-0.2, 0) is 0 Å². The minimum atomic E-state index is 0.487. The molecule has 5 heteroatoms. The highest BCUT2D eigenvalue weighted by molar-refractivity contribution is 6.32. The molecule has 0 aliphatic carbocycles. The van der Waals surface area contributed by atoms with E-state index in [1.54, 1.807) is 14.2 Å². The van der Waals surface area contributed by atoms with Crippen LogP contribution in [0.2, 0.25) is 5.02 Å². The summed E-state index contributed by atoms with van der Waals surface area (Å²) in [7, 11) is 3.41. The normalized spacial score (nSPS) is 23.0. The average molecular weight is 387 g/mol. The second-order valence-electron chi connectivity index (χ2n) is 7.38. The number of benzene rings is 2. The molecule has 2 aliphatic rings. The zero-order chi connectivity index (χ0) is 18.8. The Morgan fingerprint density at radius 2 is 1.89 bits per heavy atom. The Morgan fingerprint density at radius 3 is 2.70 bits per heavy atom. The molecule has 2 atom stereocenters. The zero-order valence-electron chi connectivity index (χ0n) is 16.0. The van der Waals surface area contributed by atoms with Crippen molar-refractivity contribution < 1.29 is 9.47 Å². The monoisotopic (exact) mass is 386 g/mol. The van der Waals surface area contributed by atoms with Gasteiger partial charge in [0.1, 0.15) is 11.5 Å². The van der Waals surface area contributed by atoms with Crippen molar-refractivity contribution >= 4 is 17.3 Å². The van der Waals surface area contributed by atoms with Gasteiger partial charge >= 0.3 is 0 Å². The highest BCUT2D eigenvalue weighted by Gasteiger charge is 2.35. The van der Waals surface area contributed by atoms with E-state index in [0.717, 1.165) is 31.1 Å². The average Bonchev–Trinajstić information content (AvgIpc) is 2.73. The number of anilines is 1. The van der Waals surface area contributed by atoms with Crippen molar-refractivity contribution in [1.82, 2.24) is 4.90 Å². The Balaban J connectivity index is 1.52. The molecule has 0 saturated carbocycles. The molecule has 2 saturated heterocycles. The van der Waals surface area contributed by atoms with Crippen LogP contribution in [0.1, 0.15) is 30.9 Å². The first-order chi connectivity index (χ1) is 13.2. The lowest BCUT2D eigenvalue weighted by atomic mass is 9.89. The standard InChI is InChI=1S/C22H27ClN2O2/c1-26-19-7-3-5-16(13-19)21-8-4-6-18-15-24(11-12-25(18)21)17-9-10-20(23)22(14-17)27-2/h3,5,7,9-10,13-14,18,21H,4,6,8,11-12,15H2,1-2H3/t18-,21+/m0/s1. The molecular weight excluding hydrogens is 360 g/mol. The molecule has 0 unspecified atom stereocenters. The topological polar surface area (TPSA) is 24.9 Å². The molecular formula is C22H27ClN2O2. The molecule has 4 rings (SSSR count). The van der Waals surface area contributed by atoms with E-state index < -0.39 is 0 Å². The molecule has 144 valence electrons. The summed E-state index contributed by atoms with van der Waals surface area (Å²) in [5.41, 5.74) is 2.57. The van der Waals surface area contributed by atoms with Gasteiger partial charge in [0.05, 0.1) is 19.2 Å². The third kappa shape index (κ3) is 3.74. The molecule has 0 spiro atoms. The number of ether oxygens (including phenoxy) is 2. The minimum absolute atomic E-state index is 0.487. The van der Waals surface area contributed by atoms with E-state index in [4.69, 9.17) is 21.1 Å². The summed E-state index contributed by atoms with van der Waals surface area (Å²) < 4.78 is 10.8. The van der Waals surface area contributed by atoms with Crippen molar-refractivity contribution in [2.24, 2.45) is 0 Å². The number of piperidine rings is 1. The van der Waals surface area contributed by atoms with E-state index in [0.29, 0.717) is 17.1 Å². The highest BCUT2D eigenvalue weighted by Crippen LogP contribution is 2.38. The first-order valence-electron chi connectivity index (χ1n) is 9.68. The summed E-state index contributed by atoms with van der Waals surface area (Å²) in [6.07, 6.45) is 3.74. The molecule has 0 aromatic heterocycles. The highest BCUT2D eigenvalue weighted by atomic mass is 35.5. The van der Waals surface area contributed by atoms with E-state index in [2.05, 4.69) is 40.1 Å². The number of hydrogen-bond acceptors (Lipinski definition) is 4. The van der Waals surface area contributed by atoms with Gasteiger partial charge in [-0.05, 0) is 49.1 Å². The summed E-state index contributed by atoms with van der Waals surface area (Å²) in [6, 6.07) is 15.7. The molecule has 0 radical (unpaired) electrons. The molecule has 0 amide bonds. The van der Waals surface area contributed by atoms with E-state index in [1.165, 1.54) is 30.5 Å². The van der Waals surface area contributed by atoms with Gasteiger partial charge < -0.3 is 14.4 Å². The second kappa shape index (κ2) is 7.99. The van der Waals surface area contributed by atoms with Crippen LogP contribution in [-0.4, -0.2) is 44.8 Å². The molecule has 0 bridgehead atoms. The maximum absolute atomic E-state index is 6.20. The Kier molecular flexibility index (Phi) is 5.46. The first-order valence-corrected chi connectivity index (χ1v) is 10.1. The van der Waals surface area contributed by atoms with Crippen LogP contribution in [0.25, 0.3) is 0 Å². The lowest BCUT2D eigenvalue weighted by molar-refractivity contribution is 0.0715. The molecule has 2 aromatic carbocycles. The third-order valence-electron chi connectivity index (χ3n) is 5.92. The quantitative estimate of drug-likeness (QED) is 0.755. The molecule has 2 aromatic rings. The fraction of sp³-hybridized carbons (Fsp3) is 0.455. The minimum Gasteiger partial charge on any atom is -0.497 e. The van der Waals surface area contributed by atoms with E-state index in [-0.39, 0.29) is 0 Å². The van der Waals surface area contributed by atoms with Crippen LogP contribution in [0.15, 0.2) is 42.5 Å². The van der Waals surface area contributed by atoms with Crippen LogP contribution in [0.3, 0.4) is 0 Å². The summed E-state index contributed by atoms with van der Waals surface area (Å²) >= 11 is 6.20. The Hall–Kier alpha value is -1.91. The van der Waals surface area contributed by atoms with Gasteiger partial charge in [0.15, 0.2) is 0 Å². The maximum atomic E-state index is 6.20. The largest absolute Gasteiger partial charge is 0.497 e.